The van der Waals surface area contributed by atoms with Crippen molar-refractivity contribution < 1.29 is 37.3 Å². The van der Waals surface area contributed by atoms with Gasteiger partial charge in [-0.15, -0.1) is 0 Å². The van der Waals surface area contributed by atoms with Crippen molar-refractivity contribution in [2.45, 2.75) is 12.6 Å². The molecule has 0 atom stereocenters. The molecule has 0 heterocycles. The molecule has 1 N–H and O–H groups in total. The Morgan fingerprint density at radius 1 is 1.21 bits per heavy atom. The SMILES string of the molecule is COC(=O)CCN(CCOCCO)C(=O)C(F)(F)F. The van der Waals surface area contributed by atoms with Crippen LogP contribution in [0, 0.1) is 0 Å². The Hall–Kier alpha value is -1.35. The molecule has 0 spiro atoms. The van der Waals surface area contributed by atoms with Gasteiger partial charge in [-0.05, 0) is 0 Å². The van der Waals surface area contributed by atoms with E-state index in [2.05, 4.69) is 4.74 Å². The first kappa shape index (κ1) is 17.6. The van der Waals surface area contributed by atoms with Crippen LogP contribution in [0.4, 0.5) is 13.2 Å². The summed E-state index contributed by atoms with van der Waals surface area (Å²) in [6.07, 6.45) is -5.34. The number of hydrogen-bond donors (Lipinski definition) is 1. The number of carbonyl (C=O) groups excluding carboxylic acids is 2. The van der Waals surface area contributed by atoms with Gasteiger partial charge in [0.15, 0.2) is 0 Å². The molecule has 9 heteroatoms. The average Bonchev–Trinajstić information content (AvgIpc) is 2.35. The van der Waals surface area contributed by atoms with Crippen molar-refractivity contribution in [1.29, 1.82) is 0 Å². The number of halogens is 3. The summed E-state index contributed by atoms with van der Waals surface area (Å²) in [6, 6.07) is 0. The van der Waals surface area contributed by atoms with Gasteiger partial charge in [-0.25, -0.2) is 0 Å². The third-order valence-corrected chi connectivity index (χ3v) is 2.08. The lowest BCUT2D eigenvalue weighted by Gasteiger charge is -2.23. The maximum atomic E-state index is 12.3. The van der Waals surface area contributed by atoms with Crippen LogP contribution < -0.4 is 0 Å². The molecule has 0 saturated carbocycles. The maximum Gasteiger partial charge on any atom is 0.471 e. The van der Waals surface area contributed by atoms with Crippen molar-refractivity contribution in [2.24, 2.45) is 0 Å². The lowest BCUT2D eigenvalue weighted by atomic mass is 10.3. The minimum absolute atomic E-state index is 0.0367. The van der Waals surface area contributed by atoms with Crippen LogP contribution in [0.2, 0.25) is 0 Å². The van der Waals surface area contributed by atoms with E-state index in [1.807, 2.05) is 0 Å². The van der Waals surface area contributed by atoms with Crippen molar-refractivity contribution >= 4 is 11.9 Å². The summed E-state index contributed by atoms with van der Waals surface area (Å²) in [5, 5.41) is 8.43. The van der Waals surface area contributed by atoms with E-state index in [1.165, 1.54) is 0 Å². The van der Waals surface area contributed by atoms with Gasteiger partial charge in [0.05, 0.1) is 33.4 Å². The summed E-state index contributed by atoms with van der Waals surface area (Å²) >= 11 is 0. The minimum atomic E-state index is -5.01. The van der Waals surface area contributed by atoms with E-state index in [0.717, 1.165) is 7.11 Å². The van der Waals surface area contributed by atoms with Gasteiger partial charge in [-0.2, -0.15) is 13.2 Å². The summed E-state index contributed by atoms with van der Waals surface area (Å²) in [7, 11) is 1.10. The molecule has 0 bridgehead atoms. The van der Waals surface area contributed by atoms with Crippen molar-refractivity contribution in [2.75, 3.05) is 40.0 Å². The normalized spacial score (nSPS) is 11.2. The predicted octanol–water partition coefficient (Wildman–Crippen LogP) is -0.0507. The van der Waals surface area contributed by atoms with Gasteiger partial charge >= 0.3 is 18.1 Å². The number of amides is 1. The highest BCUT2D eigenvalue weighted by Gasteiger charge is 2.42. The van der Waals surface area contributed by atoms with Crippen LogP contribution >= 0.6 is 0 Å². The molecule has 0 aliphatic carbocycles. The molecule has 19 heavy (non-hydrogen) atoms. The summed E-state index contributed by atoms with van der Waals surface area (Å²) in [6.45, 7) is -1.20. The summed E-state index contributed by atoms with van der Waals surface area (Å²) in [4.78, 5) is 22.4. The molecule has 0 saturated heterocycles. The second-order valence-electron chi connectivity index (χ2n) is 3.45. The summed E-state index contributed by atoms with van der Waals surface area (Å²) < 4.78 is 45.9. The van der Waals surface area contributed by atoms with E-state index in [0.29, 0.717) is 4.90 Å². The molecule has 0 aliphatic heterocycles. The number of hydrogen-bond acceptors (Lipinski definition) is 5. The largest absolute Gasteiger partial charge is 0.471 e. The number of ether oxygens (including phenoxy) is 2. The molecule has 0 aromatic heterocycles. The van der Waals surface area contributed by atoms with E-state index in [9.17, 15) is 22.8 Å². The Bertz CT molecular complexity index is 295. The van der Waals surface area contributed by atoms with Gasteiger partial charge in [0.25, 0.3) is 0 Å². The van der Waals surface area contributed by atoms with Crippen LogP contribution in [0.1, 0.15) is 6.42 Å². The van der Waals surface area contributed by atoms with Crippen LogP contribution in [0.5, 0.6) is 0 Å². The second kappa shape index (κ2) is 8.70. The lowest BCUT2D eigenvalue weighted by Crippen LogP contribution is -2.43. The first-order valence-electron chi connectivity index (χ1n) is 5.44. The van der Waals surface area contributed by atoms with E-state index in [4.69, 9.17) is 9.84 Å². The van der Waals surface area contributed by atoms with Gasteiger partial charge in [-0.1, -0.05) is 0 Å². The molecule has 0 aromatic carbocycles. The van der Waals surface area contributed by atoms with E-state index < -0.39 is 24.6 Å². The first-order valence-corrected chi connectivity index (χ1v) is 5.44. The topological polar surface area (TPSA) is 76.1 Å². The Balaban J connectivity index is 4.38. The van der Waals surface area contributed by atoms with Gasteiger partial charge < -0.3 is 19.5 Å². The minimum Gasteiger partial charge on any atom is -0.469 e. The lowest BCUT2D eigenvalue weighted by molar-refractivity contribution is -0.186. The fourth-order valence-corrected chi connectivity index (χ4v) is 1.16. The molecule has 0 unspecified atom stereocenters. The Morgan fingerprint density at radius 3 is 2.32 bits per heavy atom. The first-order chi connectivity index (χ1) is 8.82. The molecule has 0 aliphatic rings. The Labute approximate surface area is 108 Å². The van der Waals surface area contributed by atoms with E-state index >= 15 is 0 Å². The molecule has 0 rings (SSSR count). The molecule has 0 radical (unpaired) electrons. The highest BCUT2D eigenvalue weighted by atomic mass is 19.4. The zero-order chi connectivity index (χ0) is 14.9. The number of rotatable bonds is 8. The highest BCUT2D eigenvalue weighted by Crippen LogP contribution is 2.18. The quantitative estimate of drug-likeness (QED) is 0.500. The van der Waals surface area contributed by atoms with Gasteiger partial charge in [0.2, 0.25) is 0 Å². The smallest absolute Gasteiger partial charge is 0.469 e. The third kappa shape index (κ3) is 7.62. The van der Waals surface area contributed by atoms with Crippen LogP contribution in [0.3, 0.4) is 0 Å². The van der Waals surface area contributed by atoms with Crippen molar-refractivity contribution in [1.82, 2.24) is 4.90 Å². The van der Waals surface area contributed by atoms with Crippen LogP contribution in [0.15, 0.2) is 0 Å². The molecular weight excluding hydrogens is 271 g/mol. The van der Waals surface area contributed by atoms with Gasteiger partial charge in [0.1, 0.15) is 0 Å². The molecular formula is C10H16F3NO5. The molecule has 0 aromatic rings. The summed E-state index contributed by atoms with van der Waals surface area (Å²) in [5.74, 6) is -2.75. The number of esters is 1. The zero-order valence-corrected chi connectivity index (χ0v) is 10.4. The second-order valence-corrected chi connectivity index (χ2v) is 3.45. The average molecular weight is 287 g/mol. The van der Waals surface area contributed by atoms with Crippen LogP contribution in [0.25, 0.3) is 0 Å². The highest BCUT2D eigenvalue weighted by molar-refractivity contribution is 5.82. The van der Waals surface area contributed by atoms with Crippen molar-refractivity contribution in [3.63, 3.8) is 0 Å². The van der Waals surface area contributed by atoms with Crippen LogP contribution in [-0.4, -0.2) is 68.1 Å². The van der Waals surface area contributed by atoms with E-state index in [-0.39, 0.29) is 32.8 Å². The third-order valence-electron chi connectivity index (χ3n) is 2.08. The number of methoxy groups -OCH3 is 1. The Morgan fingerprint density at radius 2 is 1.84 bits per heavy atom. The Kier molecular flexibility index (Phi) is 8.08. The van der Waals surface area contributed by atoms with Crippen molar-refractivity contribution in [3.05, 3.63) is 0 Å². The van der Waals surface area contributed by atoms with Gasteiger partial charge in [-0.3, -0.25) is 9.59 Å². The van der Waals surface area contributed by atoms with Gasteiger partial charge in [0, 0.05) is 13.1 Å². The van der Waals surface area contributed by atoms with Crippen LogP contribution in [-0.2, 0) is 19.1 Å². The summed E-state index contributed by atoms with van der Waals surface area (Å²) in [5.41, 5.74) is 0. The fourth-order valence-electron chi connectivity index (χ4n) is 1.16. The number of carbonyl (C=O) groups is 2. The fraction of sp³-hybridized carbons (Fsp3) is 0.800. The molecule has 1 amide bonds. The number of aliphatic hydroxyl groups is 1. The molecule has 6 nitrogen and oxygen atoms in total. The molecule has 0 fully saturated rings. The van der Waals surface area contributed by atoms with E-state index in [1.54, 1.807) is 0 Å². The predicted molar refractivity (Wildman–Crippen MR) is 57.2 cm³/mol. The number of nitrogens with zero attached hydrogens (tertiary/aromatic N) is 1. The standard InChI is InChI=1S/C10H16F3NO5/c1-18-8(16)2-3-14(4-6-19-7-5-15)9(17)10(11,12)13/h15H,2-7H2,1H3. The van der Waals surface area contributed by atoms with Crippen molar-refractivity contribution in [3.8, 4) is 0 Å². The maximum absolute atomic E-state index is 12.3. The zero-order valence-electron chi connectivity index (χ0n) is 10.4. The monoisotopic (exact) mass is 287 g/mol. The number of alkyl halides is 3. The molecule has 112 valence electrons. The number of aliphatic hydroxyl groups excluding tert-OH is 1.